The second-order valence-corrected chi connectivity index (χ2v) is 9.20. The van der Waals surface area contributed by atoms with Crippen LogP contribution in [0.4, 0.5) is 10.1 Å². The van der Waals surface area contributed by atoms with Gasteiger partial charge in [-0.05, 0) is 44.9 Å². The van der Waals surface area contributed by atoms with Gasteiger partial charge in [-0.1, -0.05) is 15.9 Å². The first kappa shape index (κ1) is 19.9. The molecule has 9 heteroatoms. The van der Waals surface area contributed by atoms with Crippen LogP contribution in [0.3, 0.4) is 0 Å². The molecule has 1 saturated heterocycles. The summed E-state index contributed by atoms with van der Waals surface area (Å²) in [6.45, 7) is 4.58. The fourth-order valence-corrected chi connectivity index (χ4v) is 5.26. The Morgan fingerprint density at radius 3 is 2.41 bits per heavy atom. The molecule has 0 aliphatic carbocycles. The number of halogens is 2. The Morgan fingerprint density at radius 1 is 1.19 bits per heavy atom. The lowest BCUT2D eigenvalue weighted by Gasteiger charge is -2.17. The number of hydrogen-bond acceptors (Lipinski definition) is 3. The Hall–Kier alpha value is -1.87. The SMILES string of the molecule is Cc1c(C(=O)N2CCCC2)c(S(=O)(=O)Nc2ccc(Br)cc2F)c(C)n1C. The molecule has 1 amide bonds. The first-order valence-corrected chi connectivity index (χ1v) is 10.8. The average molecular weight is 458 g/mol. The van der Waals surface area contributed by atoms with Crippen molar-refractivity contribution in [2.75, 3.05) is 17.8 Å². The molecule has 2 heterocycles. The van der Waals surface area contributed by atoms with E-state index < -0.39 is 15.8 Å². The lowest BCUT2D eigenvalue weighted by atomic mass is 10.2. The quantitative estimate of drug-likeness (QED) is 0.762. The summed E-state index contributed by atoms with van der Waals surface area (Å²) in [5.41, 5.74) is 0.988. The second-order valence-electron chi connectivity index (χ2n) is 6.66. The molecule has 3 rings (SSSR count). The van der Waals surface area contributed by atoms with Crippen molar-refractivity contribution in [1.29, 1.82) is 0 Å². The average Bonchev–Trinajstić information content (AvgIpc) is 3.20. The number of carbonyl (C=O) groups excluding carboxylic acids is 1. The van der Waals surface area contributed by atoms with Gasteiger partial charge in [0, 0.05) is 36.0 Å². The van der Waals surface area contributed by atoms with Crippen molar-refractivity contribution in [2.45, 2.75) is 31.6 Å². The largest absolute Gasteiger partial charge is 0.350 e. The number of nitrogens with zero attached hydrogens (tertiary/aromatic N) is 2. The van der Waals surface area contributed by atoms with E-state index in [-0.39, 0.29) is 22.1 Å². The highest BCUT2D eigenvalue weighted by molar-refractivity contribution is 9.10. The zero-order chi connectivity index (χ0) is 19.9. The van der Waals surface area contributed by atoms with Crippen molar-refractivity contribution in [2.24, 2.45) is 7.05 Å². The topological polar surface area (TPSA) is 71.4 Å². The summed E-state index contributed by atoms with van der Waals surface area (Å²) < 4.78 is 44.8. The fourth-order valence-electron chi connectivity index (χ4n) is 3.34. The molecule has 0 radical (unpaired) electrons. The summed E-state index contributed by atoms with van der Waals surface area (Å²) in [5.74, 6) is -1.00. The molecule has 0 unspecified atom stereocenters. The smallest absolute Gasteiger partial charge is 0.264 e. The van der Waals surface area contributed by atoms with Gasteiger partial charge in [-0.2, -0.15) is 0 Å². The van der Waals surface area contributed by atoms with Crippen LogP contribution in [0.5, 0.6) is 0 Å². The molecular formula is C18H21BrFN3O3S. The zero-order valence-corrected chi connectivity index (χ0v) is 17.7. The summed E-state index contributed by atoms with van der Waals surface area (Å²) >= 11 is 3.14. The van der Waals surface area contributed by atoms with Crippen LogP contribution in [0, 0.1) is 19.7 Å². The van der Waals surface area contributed by atoms with Gasteiger partial charge in [0.05, 0.1) is 11.3 Å². The normalized spacial score (nSPS) is 14.6. The van der Waals surface area contributed by atoms with Crippen LogP contribution >= 0.6 is 15.9 Å². The molecule has 0 bridgehead atoms. The van der Waals surface area contributed by atoms with Crippen molar-refractivity contribution >= 4 is 37.5 Å². The van der Waals surface area contributed by atoms with Gasteiger partial charge in [-0.15, -0.1) is 0 Å². The molecule has 1 fully saturated rings. The minimum absolute atomic E-state index is 0.0956. The first-order chi connectivity index (χ1) is 12.6. The van der Waals surface area contributed by atoms with Gasteiger partial charge in [0.1, 0.15) is 10.7 Å². The number of amides is 1. The molecule has 146 valence electrons. The second kappa shape index (κ2) is 7.27. The zero-order valence-electron chi connectivity index (χ0n) is 15.3. The van der Waals surface area contributed by atoms with Crippen molar-refractivity contribution in [3.8, 4) is 0 Å². The van der Waals surface area contributed by atoms with E-state index in [1.54, 1.807) is 36.4 Å². The maximum absolute atomic E-state index is 14.1. The third-order valence-electron chi connectivity index (χ3n) is 4.98. The van der Waals surface area contributed by atoms with E-state index in [2.05, 4.69) is 20.7 Å². The highest BCUT2D eigenvalue weighted by Gasteiger charge is 2.34. The summed E-state index contributed by atoms with van der Waals surface area (Å²) in [5, 5.41) is 0. The number of carbonyl (C=O) groups is 1. The lowest BCUT2D eigenvalue weighted by molar-refractivity contribution is 0.0788. The molecule has 0 spiro atoms. The van der Waals surface area contributed by atoms with E-state index >= 15 is 0 Å². The molecule has 1 aromatic heterocycles. The van der Waals surface area contributed by atoms with Gasteiger partial charge in [0.15, 0.2) is 0 Å². The molecule has 0 saturated carbocycles. The van der Waals surface area contributed by atoms with E-state index in [0.29, 0.717) is 29.0 Å². The maximum atomic E-state index is 14.1. The lowest BCUT2D eigenvalue weighted by Crippen LogP contribution is -2.30. The maximum Gasteiger partial charge on any atom is 0.264 e. The third-order valence-corrected chi connectivity index (χ3v) is 6.99. The Bertz CT molecular complexity index is 1010. The third kappa shape index (κ3) is 3.62. The molecule has 1 aliphatic heterocycles. The van der Waals surface area contributed by atoms with Crippen LogP contribution in [0.25, 0.3) is 0 Å². The molecule has 0 atom stereocenters. The number of likely N-dealkylation sites (tertiary alicyclic amines) is 1. The Labute approximate surface area is 166 Å². The predicted molar refractivity (Wildman–Crippen MR) is 105 cm³/mol. The molecular weight excluding hydrogens is 437 g/mol. The number of rotatable bonds is 4. The van der Waals surface area contributed by atoms with Gasteiger partial charge in [-0.25, -0.2) is 12.8 Å². The number of hydrogen-bond donors (Lipinski definition) is 1. The highest BCUT2D eigenvalue weighted by atomic mass is 79.9. The summed E-state index contributed by atoms with van der Waals surface area (Å²) in [6, 6.07) is 4.06. The molecule has 1 aliphatic rings. The van der Waals surface area contributed by atoms with Gasteiger partial charge in [-0.3, -0.25) is 9.52 Å². The van der Waals surface area contributed by atoms with Crippen LogP contribution in [0.1, 0.15) is 34.6 Å². The van der Waals surface area contributed by atoms with Crippen molar-refractivity contribution in [3.63, 3.8) is 0 Å². The monoisotopic (exact) mass is 457 g/mol. The van der Waals surface area contributed by atoms with E-state index in [4.69, 9.17) is 0 Å². The van der Waals surface area contributed by atoms with Crippen molar-refractivity contribution < 1.29 is 17.6 Å². The summed E-state index contributed by atoms with van der Waals surface area (Å²) in [4.78, 5) is 14.6. The van der Waals surface area contributed by atoms with Crippen LogP contribution in [0.2, 0.25) is 0 Å². The van der Waals surface area contributed by atoms with Crippen LogP contribution in [-0.4, -0.2) is 36.9 Å². The molecule has 1 aromatic carbocycles. The Morgan fingerprint density at radius 2 is 1.81 bits per heavy atom. The molecule has 27 heavy (non-hydrogen) atoms. The van der Waals surface area contributed by atoms with E-state index in [0.717, 1.165) is 12.8 Å². The highest BCUT2D eigenvalue weighted by Crippen LogP contribution is 2.31. The summed E-state index contributed by atoms with van der Waals surface area (Å²) in [7, 11) is -2.45. The number of anilines is 1. The van der Waals surface area contributed by atoms with E-state index in [1.807, 2.05) is 0 Å². The van der Waals surface area contributed by atoms with E-state index in [1.165, 1.54) is 12.1 Å². The Kier molecular flexibility index (Phi) is 5.36. The molecule has 6 nitrogen and oxygen atoms in total. The van der Waals surface area contributed by atoms with Crippen LogP contribution < -0.4 is 4.72 Å². The van der Waals surface area contributed by atoms with Crippen molar-refractivity contribution in [1.82, 2.24) is 9.47 Å². The minimum atomic E-state index is -4.16. The van der Waals surface area contributed by atoms with Gasteiger partial charge >= 0.3 is 0 Å². The van der Waals surface area contributed by atoms with Crippen molar-refractivity contribution in [3.05, 3.63) is 45.4 Å². The van der Waals surface area contributed by atoms with Gasteiger partial charge < -0.3 is 9.47 Å². The number of benzene rings is 1. The minimum Gasteiger partial charge on any atom is -0.350 e. The number of aromatic nitrogens is 1. The van der Waals surface area contributed by atoms with E-state index in [9.17, 15) is 17.6 Å². The van der Waals surface area contributed by atoms with Gasteiger partial charge in [0.25, 0.3) is 15.9 Å². The molecule has 2 aromatic rings. The fraction of sp³-hybridized carbons (Fsp3) is 0.389. The number of sulfonamides is 1. The predicted octanol–water partition coefficient (Wildman–Crippen LogP) is 3.58. The number of nitrogens with one attached hydrogen (secondary N) is 1. The van der Waals surface area contributed by atoms with Crippen LogP contribution in [0.15, 0.2) is 27.6 Å². The first-order valence-electron chi connectivity index (χ1n) is 8.56. The summed E-state index contributed by atoms with van der Waals surface area (Å²) in [6.07, 6.45) is 1.81. The Balaban J connectivity index is 2.09. The standard InChI is InChI=1S/C18H21BrFN3O3S/c1-11-16(18(24)23-8-4-5-9-23)17(12(2)22(11)3)27(25,26)21-15-7-6-13(19)10-14(15)20/h6-7,10,21H,4-5,8-9H2,1-3H3. The van der Waals surface area contributed by atoms with Gasteiger partial charge in [0.2, 0.25) is 0 Å². The molecule has 1 N–H and O–H groups in total. The van der Waals surface area contributed by atoms with Crippen LogP contribution in [-0.2, 0) is 17.1 Å².